The lowest BCUT2D eigenvalue weighted by Gasteiger charge is -2.10. The van der Waals surface area contributed by atoms with Crippen molar-refractivity contribution >= 4 is 43.5 Å². The van der Waals surface area contributed by atoms with Crippen LogP contribution >= 0.6 is 31.9 Å². The second-order valence-electron chi connectivity index (χ2n) is 4.02. The molecule has 0 atom stereocenters. The SMILES string of the molecule is O=C(Nc1ccc(Br)cc1Br)c1c(F)c(F)c(F)c(F)c1F. The predicted octanol–water partition coefficient (Wildman–Crippen LogP) is 5.16. The summed E-state index contributed by atoms with van der Waals surface area (Å²) in [7, 11) is 0. The Morgan fingerprint density at radius 3 is 1.86 bits per heavy atom. The molecule has 116 valence electrons. The van der Waals surface area contributed by atoms with Gasteiger partial charge in [0.15, 0.2) is 23.3 Å². The van der Waals surface area contributed by atoms with E-state index in [2.05, 4.69) is 37.2 Å². The number of rotatable bonds is 2. The largest absolute Gasteiger partial charge is 0.321 e. The van der Waals surface area contributed by atoms with Gasteiger partial charge in [0.1, 0.15) is 5.56 Å². The molecule has 2 rings (SSSR count). The van der Waals surface area contributed by atoms with Crippen LogP contribution in [0.3, 0.4) is 0 Å². The van der Waals surface area contributed by atoms with E-state index in [1.165, 1.54) is 18.2 Å². The van der Waals surface area contributed by atoms with Crippen LogP contribution in [0.1, 0.15) is 10.4 Å². The lowest BCUT2D eigenvalue weighted by molar-refractivity contribution is 0.101. The van der Waals surface area contributed by atoms with Crippen LogP contribution in [0, 0.1) is 29.1 Å². The van der Waals surface area contributed by atoms with Crippen LogP contribution in [0.15, 0.2) is 27.1 Å². The Morgan fingerprint density at radius 1 is 0.864 bits per heavy atom. The summed E-state index contributed by atoms with van der Waals surface area (Å²) in [6.07, 6.45) is 0. The molecule has 2 aromatic rings. The van der Waals surface area contributed by atoms with Crippen LogP contribution in [-0.2, 0) is 0 Å². The molecule has 2 nitrogen and oxygen atoms in total. The number of anilines is 1. The fourth-order valence-electron chi connectivity index (χ4n) is 1.58. The number of carbonyl (C=O) groups excluding carboxylic acids is 1. The minimum absolute atomic E-state index is 0.0946. The summed E-state index contributed by atoms with van der Waals surface area (Å²) in [5.41, 5.74) is -1.46. The zero-order chi connectivity index (χ0) is 16.6. The lowest BCUT2D eigenvalue weighted by Crippen LogP contribution is -2.19. The Kier molecular flexibility index (Phi) is 4.86. The van der Waals surface area contributed by atoms with Crippen molar-refractivity contribution in [1.29, 1.82) is 0 Å². The van der Waals surface area contributed by atoms with E-state index in [0.717, 1.165) is 0 Å². The van der Waals surface area contributed by atoms with E-state index in [-0.39, 0.29) is 5.69 Å². The average molecular weight is 445 g/mol. The third-order valence-electron chi connectivity index (χ3n) is 2.62. The first-order chi connectivity index (χ1) is 10.2. The van der Waals surface area contributed by atoms with Gasteiger partial charge in [-0.25, -0.2) is 22.0 Å². The number of hydrogen-bond acceptors (Lipinski definition) is 1. The number of hydrogen-bond donors (Lipinski definition) is 1. The standard InChI is InChI=1S/C13H4Br2F5NO/c14-4-1-2-6(5(15)3-4)21-13(22)7-8(16)10(18)12(20)11(19)9(7)17/h1-3H,(H,21,22). The monoisotopic (exact) mass is 443 g/mol. The summed E-state index contributed by atoms with van der Waals surface area (Å²) < 4.78 is 67.1. The summed E-state index contributed by atoms with van der Waals surface area (Å²) in [5, 5.41) is 2.07. The molecular weight excluding hydrogens is 441 g/mol. The Hall–Kier alpha value is -1.48. The molecule has 0 spiro atoms. The van der Waals surface area contributed by atoms with Crippen LogP contribution in [0.25, 0.3) is 0 Å². The van der Waals surface area contributed by atoms with Gasteiger partial charge >= 0.3 is 0 Å². The Balaban J connectivity index is 2.46. The fourth-order valence-corrected chi connectivity index (χ4v) is 2.73. The van der Waals surface area contributed by atoms with E-state index >= 15 is 0 Å². The van der Waals surface area contributed by atoms with Gasteiger partial charge in [0, 0.05) is 8.95 Å². The van der Waals surface area contributed by atoms with Crippen molar-refractivity contribution in [3.05, 3.63) is 61.8 Å². The first kappa shape index (κ1) is 16.9. The number of benzene rings is 2. The highest BCUT2D eigenvalue weighted by atomic mass is 79.9. The van der Waals surface area contributed by atoms with Crippen molar-refractivity contribution in [3.63, 3.8) is 0 Å². The molecule has 0 unspecified atom stereocenters. The average Bonchev–Trinajstić information content (AvgIpc) is 2.46. The maximum absolute atomic E-state index is 13.5. The van der Waals surface area contributed by atoms with E-state index in [1.807, 2.05) is 0 Å². The summed E-state index contributed by atoms with van der Waals surface area (Å²) in [4.78, 5) is 11.8. The molecule has 0 saturated carbocycles. The number of halogens is 7. The van der Waals surface area contributed by atoms with Gasteiger partial charge in [-0.3, -0.25) is 4.79 Å². The molecule has 9 heteroatoms. The summed E-state index contributed by atoms with van der Waals surface area (Å²) >= 11 is 6.24. The summed E-state index contributed by atoms with van der Waals surface area (Å²) in [6, 6.07) is 4.41. The van der Waals surface area contributed by atoms with Gasteiger partial charge in [-0.15, -0.1) is 0 Å². The van der Waals surface area contributed by atoms with Crippen LogP contribution in [0.2, 0.25) is 0 Å². The fraction of sp³-hybridized carbons (Fsp3) is 0. The van der Waals surface area contributed by atoms with E-state index in [4.69, 9.17) is 0 Å². The highest BCUT2D eigenvalue weighted by Crippen LogP contribution is 2.28. The molecule has 22 heavy (non-hydrogen) atoms. The van der Waals surface area contributed by atoms with Gasteiger partial charge in [-0.2, -0.15) is 0 Å². The smallest absolute Gasteiger partial charge is 0.261 e. The normalized spacial score (nSPS) is 10.7. The molecule has 0 aliphatic heterocycles. The van der Waals surface area contributed by atoms with Gasteiger partial charge in [0.25, 0.3) is 5.91 Å². The van der Waals surface area contributed by atoms with Gasteiger partial charge in [-0.1, -0.05) is 15.9 Å². The molecule has 0 heterocycles. The van der Waals surface area contributed by atoms with E-state index in [1.54, 1.807) is 0 Å². The van der Waals surface area contributed by atoms with E-state index in [0.29, 0.717) is 8.95 Å². The van der Waals surface area contributed by atoms with Gasteiger partial charge in [0.2, 0.25) is 5.82 Å². The highest BCUT2D eigenvalue weighted by Gasteiger charge is 2.29. The highest BCUT2D eigenvalue weighted by molar-refractivity contribution is 9.11. The molecule has 0 saturated heterocycles. The van der Waals surface area contributed by atoms with E-state index in [9.17, 15) is 26.7 Å². The maximum Gasteiger partial charge on any atom is 0.261 e. The Bertz CT molecular complexity index is 753. The van der Waals surface area contributed by atoms with Crippen LogP contribution in [-0.4, -0.2) is 5.91 Å². The van der Waals surface area contributed by atoms with Crippen molar-refractivity contribution in [1.82, 2.24) is 0 Å². The third-order valence-corrected chi connectivity index (χ3v) is 3.77. The quantitative estimate of drug-likeness (QED) is 0.387. The second-order valence-corrected chi connectivity index (χ2v) is 5.79. The third kappa shape index (κ3) is 3.00. The molecule has 0 radical (unpaired) electrons. The first-order valence-electron chi connectivity index (χ1n) is 5.52. The Morgan fingerprint density at radius 2 is 1.36 bits per heavy atom. The van der Waals surface area contributed by atoms with Gasteiger partial charge in [-0.05, 0) is 34.1 Å². The first-order valence-corrected chi connectivity index (χ1v) is 7.10. The number of amides is 1. The zero-order valence-corrected chi connectivity index (χ0v) is 13.5. The van der Waals surface area contributed by atoms with Crippen molar-refractivity contribution in [3.8, 4) is 0 Å². The summed E-state index contributed by atoms with van der Waals surface area (Å²) in [6.45, 7) is 0. The molecule has 0 aliphatic carbocycles. The van der Waals surface area contributed by atoms with Gasteiger partial charge in [0.05, 0.1) is 5.69 Å². The van der Waals surface area contributed by atoms with Crippen LogP contribution in [0.5, 0.6) is 0 Å². The van der Waals surface area contributed by atoms with Crippen molar-refractivity contribution < 1.29 is 26.7 Å². The second kappa shape index (κ2) is 6.33. The summed E-state index contributed by atoms with van der Waals surface area (Å²) in [5.74, 6) is -12.5. The molecule has 2 aromatic carbocycles. The van der Waals surface area contributed by atoms with E-state index < -0.39 is 40.6 Å². The molecule has 0 aliphatic rings. The topological polar surface area (TPSA) is 29.1 Å². The van der Waals surface area contributed by atoms with Gasteiger partial charge < -0.3 is 5.32 Å². The predicted molar refractivity (Wildman–Crippen MR) is 76.0 cm³/mol. The molecule has 0 bridgehead atoms. The molecule has 0 aromatic heterocycles. The number of carbonyl (C=O) groups is 1. The van der Waals surface area contributed by atoms with Crippen molar-refractivity contribution in [2.75, 3.05) is 5.32 Å². The maximum atomic E-state index is 13.5. The molecular formula is C13H4Br2F5NO. The number of nitrogens with one attached hydrogen (secondary N) is 1. The molecule has 0 fully saturated rings. The van der Waals surface area contributed by atoms with Crippen molar-refractivity contribution in [2.24, 2.45) is 0 Å². The minimum atomic E-state index is -2.32. The lowest BCUT2D eigenvalue weighted by atomic mass is 10.1. The molecule has 1 N–H and O–H groups in total. The molecule has 1 amide bonds. The van der Waals surface area contributed by atoms with Crippen molar-refractivity contribution in [2.45, 2.75) is 0 Å². The Labute approximate surface area is 137 Å². The minimum Gasteiger partial charge on any atom is -0.321 e. The zero-order valence-electron chi connectivity index (χ0n) is 10.3. The van der Waals surface area contributed by atoms with Crippen LogP contribution in [0.4, 0.5) is 27.6 Å². The van der Waals surface area contributed by atoms with Crippen LogP contribution < -0.4 is 5.32 Å².